The summed E-state index contributed by atoms with van der Waals surface area (Å²) in [6.45, 7) is 1.15. The minimum atomic E-state index is -3.34. The van der Waals surface area contributed by atoms with E-state index in [0.29, 0.717) is 16.3 Å². The van der Waals surface area contributed by atoms with Crippen LogP contribution < -0.4 is 10.6 Å². The van der Waals surface area contributed by atoms with Crippen LogP contribution in [0.1, 0.15) is 25.8 Å². The Morgan fingerprint density at radius 3 is 2.42 bits per heavy atom. The number of nitrogens with one attached hydrogen (secondary N) is 2. The van der Waals surface area contributed by atoms with E-state index in [9.17, 15) is 22.8 Å². The fourth-order valence-electron chi connectivity index (χ4n) is 2.51. The van der Waals surface area contributed by atoms with Gasteiger partial charge in [0.05, 0.1) is 16.2 Å². The summed E-state index contributed by atoms with van der Waals surface area (Å²) in [6.07, 6.45) is 2.46. The molecule has 3 aromatic rings. The van der Waals surface area contributed by atoms with E-state index in [2.05, 4.69) is 10.6 Å². The van der Waals surface area contributed by atoms with Gasteiger partial charge in [0.2, 0.25) is 0 Å². The quantitative estimate of drug-likeness (QED) is 0.516. The van der Waals surface area contributed by atoms with Crippen molar-refractivity contribution in [3.63, 3.8) is 0 Å². The Morgan fingerprint density at radius 2 is 1.81 bits per heavy atom. The van der Waals surface area contributed by atoms with Crippen LogP contribution in [0.5, 0.6) is 0 Å². The zero-order chi connectivity index (χ0) is 22.6. The zero-order valence-electron chi connectivity index (χ0n) is 16.5. The van der Waals surface area contributed by atoms with E-state index in [1.54, 1.807) is 19.1 Å². The minimum Gasteiger partial charge on any atom is -0.459 e. The number of furan rings is 1. The van der Waals surface area contributed by atoms with E-state index in [1.165, 1.54) is 36.6 Å². The first-order chi connectivity index (χ1) is 14.6. The molecule has 3 rings (SSSR count). The second kappa shape index (κ2) is 9.14. The Morgan fingerprint density at radius 1 is 1.10 bits per heavy atom. The predicted molar refractivity (Wildman–Crippen MR) is 114 cm³/mol. The van der Waals surface area contributed by atoms with Gasteiger partial charge in [0.25, 0.3) is 11.8 Å². The fraction of sp³-hybridized carbons (Fsp3) is 0.150. The molecule has 2 N–H and O–H groups in total. The first kappa shape index (κ1) is 22.2. The van der Waals surface area contributed by atoms with Gasteiger partial charge >= 0.3 is 5.97 Å². The average molecular weight is 463 g/mol. The highest BCUT2D eigenvalue weighted by molar-refractivity contribution is 7.90. The van der Waals surface area contributed by atoms with Crippen LogP contribution in [0.4, 0.5) is 10.7 Å². The third-order valence-electron chi connectivity index (χ3n) is 3.99. The maximum atomic E-state index is 12.3. The molecule has 162 valence electrons. The monoisotopic (exact) mass is 462 g/mol. The number of thiophene rings is 1. The summed E-state index contributed by atoms with van der Waals surface area (Å²) >= 11 is 1.02. The van der Waals surface area contributed by atoms with Gasteiger partial charge in [0, 0.05) is 11.9 Å². The molecule has 2 heterocycles. The van der Waals surface area contributed by atoms with E-state index in [4.69, 9.17) is 9.15 Å². The molecule has 2 aromatic heterocycles. The number of hydrogen-bond donors (Lipinski definition) is 2. The molecular weight excluding hydrogens is 444 g/mol. The van der Waals surface area contributed by atoms with Gasteiger partial charge in [-0.1, -0.05) is 0 Å². The summed E-state index contributed by atoms with van der Waals surface area (Å²) in [5, 5.41) is 5.57. The molecule has 1 aromatic carbocycles. The largest absolute Gasteiger partial charge is 0.459 e. The number of benzene rings is 1. The van der Waals surface area contributed by atoms with Crippen molar-refractivity contribution >= 4 is 49.6 Å². The normalized spacial score (nSPS) is 11.0. The summed E-state index contributed by atoms with van der Waals surface area (Å²) in [5.41, 5.74) is 0.949. The molecule has 0 saturated heterocycles. The van der Waals surface area contributed by atoms with Crippen molar-refractivity contribution in [2.75, 3.05) is 23.5 Å². The van der Waals surface area contributed by atoms with Gasteiger partial charge in [-0.15, -0.1) is 11.3 Å². The summed E-state index contributed by atoms with van der Waals surface area (Å²) in [7, 11) is -3.34. The summed E-state index contributed by atoms with van der Waals surface area (Å²) < 4.78 is 33.0. The molecule has 0 spiro atoms. The fourth-order valence-corrected chi connectivity index (χ4v) is 4.10. The molecule has 0 aliphatic carbocycles. The second-order valence-electron chi connectivity index (χ2n) is 6.48. The van der Waals surface area contributed by atoms with Gasteiger partial charge in [-0.2, -0.15) is 0 Å². The predicted octanol–water partition coefficient (Wildman–Crippen LogP) is 3.10. The Hall–Kier alpha value is -3.44. The van der Waals surface area contributed by atoms with Crippen molar-refractivity contribution in [1.29, 1.82) is 0 Å². The van der Waals surface area contributed by atoms with Crippen molar-refractivity contribution in [3.8, 4) is 0 Å². The minimum absolute atomic E-state index is 0.125. The molecule has 0 saturated carbocycles. The number of amides is 2. The van der Waals surface area contributed by atoms with Crippen molar-refractivity contribution in [2.45, 2.75) is 11.8 Å². The van der Waals surface area contributed by atoms with Crippen LogP contribution in [0.15, 0.2) is 58.0 Å². The molecule has 31 heavy (non-hydrogen) atoms. The number of ether oxygens (including phenoxy) is 1. The van der Waals surface area contributed by atoms with Crippen molar-refractivity contribution in [3.05, 3.63) is 64.9 Å². The Bertz CT molecular complexity index is 1210. The van der Waals surface area contributed by atoms with E-state index >= 15 is 0 Å². The highest BCUT2D eigenvalue weighted by atomic mass is 32.2. The third kappa shape index (κ3) is 5.80. The van der Waals surface area contributed by atoms with Crippen LogP contribution in [-0.2, 0) is 19.4 Å². The smallest absolute Gasteiger partial charge is 0.349 e. The first-order valence-corrected chi connectivity index (χ1v) is 11.6. The number of anilines is 2. The van der Waals surface area contributed by atoms with E-state index in [-0.39, 0.29) is 15.5 Å². The Labute approximate surface area is 181 Å². The lowest BCUT2D eigenvalue weighted by atomic mass is 10.3. The van der Waals surface area contributed by atoms with Gasteiger partial charge in [-0.05, 0) is 55.0 Å². The number of carbonyl (C=O) groups is 3. The number of sulfone groups is 1. The number of hydrogen-bond acceptors (Lipinski definition) is 8. The van der Waals surface area contributed by atoms with Crippen LogP contribution in [-0.4, -0.2) is 39.1 Å². The molecule has 0 radical (unpaired) electrons. The molecule has 11 heteroatoms. The molecule has 0 aliphatic heterocycles. The lowest BCUT2D eigenvalue weighted by molar-refractivity contribution is -0.119. The summed E-state index contributed by atoms with van der Waals surface area (Å²) in [5.74, 6) is -1.60. The number of aryl methyl sites for hydroxylation is 1. The van der Waals surface area contributed by atoms with E-state index in [0.717, 1.165) is 17.6 Å². The number of rotatable bonds is 7. The maximum absolute atomic E-state index is 12.3. The van der Waals surface area contributed by atoms with Gasteiger partial charge in [-0.25, -0.2) is 13.2 Å². The molecule has 0 fully saturated rings. The molecule has 0 bridgehead atoms. The molecule has 0 unspecified atom stereocenters. The van der Waals surface area contributed by atoms with Crippen LogP contribution in [0.3, 0.4) is 0 Å². The van der Waals surface area contributed by atoms with E-state index < -0.39 is 34.2 Å². The third-order valence-corrected chi connectivity index (χ3v) is 6.25. The van der Waals surface area contributed by atoms with Gasteiger partial charge in [-0.3, -0.25) is 9.59 Å². The van der Waals surface area contributed by atoms with E-state index in [1.807, 2.05) is 0 Å². The Balaban J connectivity index is 1.55. The van der Waals surface area contributed by atoms with Crippen LogP contribution in [0.2, 0.25) is 0 Å². The topological polar surface area (TPSA) is 132 Å². The van der Waals surface area contributed by atoms with Crippen LogP contribution >= 0.6 is 11.3 Å². The maximum Gasteiger partial charge on any atom is 0.349 e. The first-order valence-electron chi connectivity index (χ1n) is 8.86. The number of esters is 1. The molecule has 2 amide bonds. The highest BCUT2D eigenvalue weighted by Crippen LogP contribution is 2.28. The van der Waals surface area contributed by atoms with Gasteiger partial charge in [0.15, 0.2) is 22.2 Å². The Kier molecular flexibility index (Phi) is 6.56. The highest BCUT2D eigenvalue weighted by Gasteiger charge is 2.19. The van der Waals surface area contributed by atoms with Crippen molar-refractivity contribution < 1.29 is 32.0 Å². The van der Waals surface area contributed by atoms with Gasteiger partial charge in [0.1, 0.15) is 4.88 Å². The molecule has 0 aliphatic rings. The lowest BCUT2D eigenvalue weighted by Crippen LogP contribution is -2.20. The second-order valence-corrected chi connectivity index (χ2v) is 9.54. The lowest BCUT2D eigenvalue weighted by Gasteiger charge is -2.07. The van der Waals surface area contributed by atoms with Gasteiger partial charge < -0.3 is 19.8 Å². The zero-order valence-corrected chi connectivity index (χ0v) is 18.1. The average Bonchev–Trinajstić information content (AvgIpc) is 3.36. The summed E-state index contributed by atoms with van der Waals surface area (Å²) in [4.78, 5) is 36.7. The number of carbonyl (C=O) groups excluding carboxylic acids is 3. The van der Waals surface area contributed by atoms with Crippen LogP contribution in [0.25, 0.3) is 0 Å². The van der Waals surface area contributed by atoms with Crippen molar-refractivity contribution in [1.82, 2.24) is 0 Å². The van der Waals surface area contributed by atoms with Crippen molar-refractivity contribution in [2.24, 2.45) is 0 Å². The molecule has 0 atom stereocenters. The SMILES string of the molecule is Cc1cc(NC(=O)c2ccco2)sc1C(=O)OCC(=O)Nc1ccc(S(C)(=O)=O)cc1. The summed E-state index contributed by atoms with van der Waals surface area (Å²) in [6, 6.07) is 10.3. The van der Waals surface area contributed by atoms with Crippen LogP contribution in [0, 0.1) is 6.92 Å². The standard InChI is InChI=1S/C20H18N2O7S2/c1-12-10-17(22-19(24)15-4-3-9-28-15)30-18(12)20(25)29-11-16(23)21-13-5-7-14(8-6-13)31(2,26)27/h3-10H,11H2,1-2H3,(H,21,23)(H,22,24). The molecular formula is C20H18N2O7S2. The molecule has 9 nitrogen and oxygen atoms in total.